The molecule has 0 radical (unpaired) electrons. The molecule has 2 N–H and O–H groups in total. The van der Waals surface area contributed by atoms with Crippen LogP contribution in [0.4, 0.5) is 5.82 Å². The molecule has 1 fully saturated rings. The summed E-state index contributed by atoms with van der Waals surface area (Å²) in [4.78, 5) is 24.8. The van der Waals surface area contributed by atoms with Crippen molar-refractivity contribution in [3.8, 4) is 5.69 Å². The van der Waals surface area contributed by atoms with Gasteiger partial charge in [-0.3, -0.25) is 9.59 Å². The van der Waals surface area contributed by atoms with Gasteiger partial charge >= 0.3 is 11.8 Å². The summed E-state index contributed by atoms with van der Waals surface area (Å²) in [6, 6.07) is 9.78. The van der Waals surface area contributed by atoms with Crippen LogP contribution in [0.1, 0.15) is 43.4 Å². The van der Waals surface area contributed by atoms with Crippen molar-refractivity contribution in [1.82, 2.24) is 15.1 Å². The Balaban J connectivity index is 1.53. The number of hydrogen-bond donors (Lipinski definition) is 2. The maximum Gasteiger partial charge on any atom is 0.314 e. The van der Waals surface area contributed by atoms with Crippen molar-refractivity contribution in [2.24, 2.45) is 0 Å². The fraction of sp³-hybridized carbons (Fsp3) is 0.421. The lowest BCUT2D eigenvalue weighted by Crippen LogP contribution is -2.42. The molecule has 0 saturated heterocycles. The summed E-state index contributed by atoms with van der Waals surface area (Å²) in [6.45, 7) is 0. The lowest BCUT2D eigenvalue weighted by atomic mass is 9.95. The number of benzene rings is 1. The van der Waals surface area contributed by atoms with Crippen molar-refractivity contribution >= 4 is 29.4 Å². The summed E-state index contributed by atoms with van der Waals surface area (Å²) < 4.78 is 1.73. The molecule has 4 rings (SSSR count). The van der Waals surface area contributed by atoms with E-state index in [0.29, 0.717) is 5.82 Å². The number of para-hydroxylation sites is 1. The highest BCUT2D eigenvalue weighted by Crippen LogP contribution is 2.36. The SMILES string of the molecule is O=C(Nc1c2c(nn1-c1ccccc1)CSC2)C(=O)NC1CCCCC1. The van der Waals surface area contributed by atoms with Gasteiger partial charge in [0, 0.05) is 23.1 Å². The van der Waals surface area contributed by atoms with Gasteiger partial charge < -0.3 is 10.6 Å². The number of fused-ring (bicyclic) bond motifs is 1. The second-order valence-electron chi connectivity index (χ2n) is 6.78. The van der Waals surface area contributed by atoms with Gasteiger partial charge in [0.15, 0.2) is 0 Å². The molecule has 0 atom stereocenters. The van der Waals surface area contributed by atoms with Crippen LogP contribution in [-0.4, -0.2) is 27.6 Å². The van der Waals surface area contributed by atoms with E-state index >= 15 is 0 Å². The van der Waals surface area contributed by atoms with E-state index in [-0.39, 0.29) is 6.04 Å². The quantitative estimate of drug-likeness (QED) is 0.815. The van der Waals surface area contributed by atoms with Crippen LogP contribution in [-0.2, 0) is 21.1 Å². The van der Waals surface area contributed by atoms with Gasteiger partial charge in [0.05, 0.1) is 11.4 Å². The first-order valence-electron chi connectivity index (χ1n) is 9.08. The molecule has 0 unspecified atom stereocenters. The standard InChI is InChI=1S/C19H22N4O2S/c24-18(20-13-7-3-1-4-8-13)19(25)21-17-15-11-26-12-16(15)22-23(17)14-9-5-2-6-10-14/h2,5-6,9-10,13H,1,3-4,7-8,11-12H2,(H,20,24)(H,21,25). The number of carbonyl (C=O) groups is 2. The van der Waals surface area contributed by atoms with Gasteiger partial charge in [-0.05, 0) is 25.0 Å². The van der Waals surface area contributed by atoms with Gasteiger partial charge in [-0.25, -0.2) is 4.68 Å². The first kappa shape index (κ1) is 17.1. The van der Waals surface area contributed by atoms with Crippen LogP contribution >= 0.6 is 11.8 Å². The molecule has 2 amide bonds. The summed E-state index contributed by atoms with van der Waals surface area (Å²) in [7, 11) is 0. The average Bonchev–Trinajstić information content (AvgIpc) is 3.26. The second kappa shape index (κ2) is 7.53. The molecule has 1 aromatic heterocycles. The summed E-state index contributed by atoms with van der Waals surface area (Å²) in [5, 5.41) is 10.3. The van der Waals surface area contributed by atoms with Gasteiger partial charge in [-0.15, -0.1) is 0 Å². The monoisotopic (exact) mass is 370 g/mol. The zero-order chi connectivity index (χ0) is 17.9. The largest absolute Gasteiger partial charge is 0.345 e. The number of nitrogens with one attached hydrogen (secondary N) is 2. The third-order valence-electron chi connectivity index (χ3n) is 4.93. The Hall–Kier alpha value is -2.28. The van der Waals surface area contributed by atoms with Crippen molar-refractivity contribution in [3.63, 3.8) is 0 Å². The number of carbonyl (C=O) groups excluding carboxylic acids is 2. The summed E-state index contributed by atoms with van der Waals surface area (Å²) in [5.41, 5.74) is 2.86. The molecule has 1 saturated carbocycles. The maximum atomic E-state index is 12.5. The Morgan fingerprint density at radius 1 is 1.04 bits per heavy atom. The Labute approximate surface area is 156 Å². The van der Waals surface area contributed by atoms with Gasteiger partial charge in [-0.2, -0.15) is 16.9 Å². The van der Waals surface area contributed by atoms with E-state index in [1.807, 2.05) is 30.3 Å². The molecule has 0 spiro atoms. The maximum absolute atomic E-state index is 12.5. The summed E-state index contributed by atoms with van der Waals surface area (Å²) >= 11 is 1.76. The lowest BCUT2D eigenvalue weighted by Gasteiger charge is -2.22. The van der Waals surface area contributed by atoms with Crippen molar-refractivity contribution in [2.45, 2.75) is 49.7 Å². The number of rotatable bonds is 3. The smallest absolute Gasteiger partial charge is 0.314 e. The van der Waals surface area contributed by atoms with Gasteiger partial charge in [0.2, 0.25) is 0 Å². The minimum atomic E-state index is -0.618. The van der Waals surface area contributed by atoms with E-state index in [1.54, 1.807) is 16.4 Å². The molecule has 1 aromatic carbocycles. The van der Waals surface area contributed by atoms with Gasteiger partial charge in [0.1, 0.15) is 5.82 Å². The van der Waals surface area contributed by atoms with Crippen LogP contribution in [0.15, 0.2) is 30.3 Å². The molecule has 1 aliphatic carbocycles. The van der Waals surface area contributed by atoms with Crippen LogP contribution < -0.4 is 10.6 Å². The first-order chi connectivity index (χ1) is 12.7. The predicted molar refractivity (Wildman–Crippen MR) is 102 cm³/mol. The molecule has 2 aliphatic rings. The molecule has 26 heavy (non-hydrogen) atoms. The molecule has 0 bridgehead atoms. The van der Waals surface area contributed by atoms with Crippen LogP contribution in [0.3, 0.4) is 0 Å². The van der Waals surface area contributed by atoms with Gasteiger partial charge in [-0.1, -0.05) is 37.5 Å². The Kier molecular flexibility index (Phi) is 4.97. The first-order valence-corrected chi connectivity index (χ1v) is 10.2. The Bertz CT molecular complexity index is 812. The second-order valence-corrected chi connectivity index (χ2v) is 7.76. The Morgan fingerprint density at radius 3 is 2.58 bits per heavy atom. The van der Waals surface area contributed by atoms with Crippen LogP contribution in [0.25, 0.3) is 5.69 Å². The van der Waals surface area contributed by atoms with E-state index in [9.17, 15) is 9.59 Å². The molecule has 136 valence electrons. The molecule has 6 nitrogen and oxygen atoms in total. The highest BCUT2D eigenvalue weighted by atomic mass is 32.2. The summed E-state index contributed by atoms with van der Waals surface area (Å²) in [5.74, 6) is 1.05. The fourth-order valence-electron chi connectivity index (χ4n) is 3.56. The number of hydrogen-bond acceptors (Lipinski definition) is 4. The van der Waals surface area contributed by atoms with Crippen molar-refractivity contribution in [2.75, 3.05) is 5.32 Å². The molecular weight excluding hydrogens is 348 g/mol. The van der Waals surface area contributed by atoms with Crippen molar-refractivity contribution in [3.05, 3.63) is 41.6 Å². The van der Waals surface area contributed by atoms with Gasteiger partial charge in [0.25, 0.3) is 0 Å². The lowest BCUT2D eigenvalue weighted by molar-refractivity contribution is -0.136. The minimum Gasteiger partial charge on any atom is -0.345 e. The molecular formula is C19H22N4O2S. The van der Waals surface area contributed by atoms with Crippen molar-refractivity contribution < 1.29 is 9.59 Å². The normalized spacial score (nSPS) is 16.9. The average molecular weight is 370 g/mol. The molecule has 1 aliphatic heterocycles. The molecule has 7 heteroatoms. The third kappa shape index (κ3) is 3.49. The number of nitrogens with zero attached hydrogens (tertiary/aromatic N) is 2. The fourth-order valence-corrected chi connectivity index (χ4v) is 4.59. The van der Waals surface area contributed by atoms with Crippen molar-refractivity contribution in [1.29, 1.82) is 0 Å². The predicted octanol–water partition coefficient (Wildman–Crippen LogP) is 3.01. The molecule has 2 heterocycles. The summed E-state index contributed by atoms with van der Waals surface area (Å²) in [6.07, 6.45) is 5.33. The number of amides is 2. The van der Waals surface area contributed by atoms with E-state index in [1.165, 1.54) is 6.42 Å². The van der Waals surface area contributed by atoms with Crippen LogP contribution in [0, 0.1) is 0 Å². The van der Waals surface area contributed by atoms with E-state index in [2.05, 4.69) is 15.7 Å². The third-order valence-corrected chi connectivity index (χ3v) is 5.90. The number of aromatic nitrogens is 2. The molecule has 2 aromatic rings. The Morgan fingerprint density at radius 2 is 1.81 bits per heavy atom. The van der Waals surface area contributed by atoms with Crippen LogP contribution in [0.5, 0.6) is 0 Å². The highest BCUT2D eigenvalue weighted by Gasteiger charge is 2.27. The zero-order valence-electron chi connectivity index (χ0n) is 14.5. The zero-order valence-corrected chi connectivity index (χ0v) is 15.3. The topological polar surface area (TPSA) is 76.0 Å². The highest BCUT2D eigenvalue weighted by molar-refractivity contribution is 7.98. The van der Waals surface area contributed by atoms with E-state index in [0.717, 1.165) is 54.1 Å². The number of thioether (sulfide) groups is 1. The van der Waals surface area contributed by atoms with E-state index in [4.69, 9.17) is 0 Å². The van der Waals surface area contributed by atoms with E-state index < -0.39 is 11.8 Å². The van der Waals surface area contributed by atoms with Crippen LogP contribution in [0.2, 0.25) is 0 Å². The minimum absolute atomic E-state index is 0.113. The number of anilines is 1.